The summed E-state index contributed by atoms with van der Waals surface area (Å²) < 4.78 is 29.9. The summed E-state index contributed by atoms with van der Waals surface area (Å²) in [7, 11) is -1.95. The lowest BCUT2D eigenvalue weighted by atomic mass is 10.2. The summed E-state index contributed by atoms with van der Waals surface area (Å²) in [6.07, 6.45) is 1.11. The number of hydrogen-bond donors (Lipinski definition) is 1. The van der Waals surface area contributed by atoms with Crippen molar-refractivity contribution in [3.8, 4) is 5.75 Å². The van der Waals surface area contributed by atoms with Crippen molar-refractivity contribution in [3.63, 3.8) is 0 Å². The third-order valence-corrected chi connectivity index (χ3v) is 5.38. The molecule has 0 fully saturated rings. The van der Waals surface area contributed by atoms with Crippen molar-refractivity contribution in [1.29, 1.82) is 0 Å². The van der Waals surface area contributed by atoms with Gasteiger partial charge in [0, 0.05) is 17.6 Å². The van der Waals surface area contributed by atoms with E-state index in [-0.39, 0.29) is 12.5 Å². The van der Waals surface area contributed by atoms with Gasteiger partial charge in [0.15, 0.2) is 0 Å². The van der Waals surface area contributed by atoms with Gasteiger partial charge in [0.2, 0.25) is 10.0 Å². The summed E-state index contributed by atoms with van der Waals surface area (Å²) >= 11 is 6.03. The standard InChI is InChI=1S/C18H21ClN2O4S/c1-13-7-8-16(12-17(13)19)25-10-9-20-18(22)14-5-4-6-15(11-14)21(2)26(3,23)24/h4-8,11-12H,9-10H2,1-3H3,(H,20,22). The fourth-order valence-corrected chi connectivity index (χ4v) is 2.80. The number of ether oxygens (including phenoxy) is 1. The van der Waals surface area contributed by atoms with Crippen LogP contribution in [0.2, 0.25) is 5.02 Å². The normalized spacial score (nSPS) is 11.1. The van der Waals surface area contributed by atoms with E-state index in [1.54, 1.807) is 24.3 Å². The summed E-state index contributed by atoms with van der Waals surface area (Å²) in [5.41, 5.74) is 1.76. The second-order valence-corrected chi connectivity index (χ2v) is 8.22. The quantitative estimate of drug-likeness (QED) is 0.730. The summed E-state index contributed by atoms with van der Waals surface area (Å²) in [5, 5.41) is 3.36. The van der Waals surface area contributed by atoms with Crippen LogP contribution < -0.4 is 14.4 Å². The second kappa shape index (κ2) is 8.42. The van der Waals surface area contributed by atoms with Crippen molar-refractivity contribution in [2.24, 2.45) is 0 Å². The number of amides is 1. The molecular formula is C18H21ClN2O4S. The molecule has 26 heavy (non-hydrogen) atoms. The highest BCUT2D eigenvalue weighted by atomic mass is 35.5. The molecule has 6 nitrogen and oxygen atoms in total. The fraction of sp³-hybridized carbons (Fsp3) is 0.278. The summed E-state index contributed by atoms with van der Waals surface area (Å²) in [6, 6.07) is 11.8. The maximum absolute atomic E-state index is 12.2. The van der Waals surface area contributed by atoms with Crippen molar-refractivity contribution in [1.82, 2.24) is 5.32 Å². The van der Waals surface area contributed by atoms with Gasteiger partial charge in [-0.25, -0.2) is 8.42 Å². The van der Waals surface area contributed by atoms with Crippen LogP contribution in [0.25, 0.3) is 0 Å². The van der Waals surface area contributed by atoms with Gasteiger partial charge < -0.3 is 10.1 Å². The van der Waals surface area contributed by atoms with Gasteiger partial charge in [-0.15, -0.1) is 0 Å². The van der Waals surface area contributed by atoms with Gasteiger partial charge >= 0.3 is 0 Å². The smallest absolute Gasteiger partial charge is 0.251 e. The molecule has 140 valence electrons. The Morgan fingerprint density at radius 3 is 2.62 bits per heavy atom. The monoisotopic (exact) mass is 396 g/mol. The molecule has 0 saturated heterocycles. The highest BCUT2D eigenvalue weighted by Gasteiger charge is 2.14. The van der Waals surface area contributed by atoms with E-state index in [0.717, 1.165) is 16.1 Å². The molecule has 1 N–H and O–H groups in total. The van der Waals surface area contributed by atoms with E-state index in [2.05, 4.69) is 5.32 Å². The van der Waals surface area contributed by atoms with Crippen LogP contribution in [-0.2, 0) is 10.0 Å². The first-order valence-corrected chi connectivity index (χ1v) is 10.1. The minimum Gasteiger partial charge on any atom is -0.492 e. The number of carbonyl (C=O) groups is 1. The number of anilines is 1. The van der Waals surface area contributed by atoms with Crippen molar-refractivity contribution in [2.45, 2.75) is 6.92 Å². The first kappa shape index (κ1) is 20.1. The predicted molar refractivity (Wildman–Crippen MR) is 104 cm³/mol. The van der Waals surface area contributed by atoms with Gasteiger partial charge in [0.1, 0.15) is 12.4 Å². The number of carbonyl (C=O) groups excluding carboxylic acids is 1. The van der Waals surface area contributed by atoms with Crippen LogP contribution in [0.5, 0.6) is 5.75 Å². The molecule has 0 spiro atoms. The molecule has 0 bridgehead atoms. The Morgan fingerprint density at radius 2 is 1.96 bits per heavy atom. The minimum atomic E-state index is -3.39. The molecule has 0 saturated carbocycles. The molecule has 0 unspecified atom stereocenters. The number of halogens is 1. The molecule has 0 radical (unpaired) electrons. The Morgan fingerprint density at radius 1 is 1.23 bits per heavy atom. The van der Waals surface area contributed by atoms with E-state index in [1.807, 2.05) is 19.1 Å². The molecule has 0 aliphatic carbocycles. The summed E-state index contributed by atoms with van der Waals surface area (Å²) in [6.45, 7) is 2.49. The largest absolute Gasteiger partial charge is 0.492 e. The average molecular weight is 397 g/mol. The fourth-order valence-electron chi connectivity index (χ4n) is 2.13. The molecular weight excluding hydrogens is 376 g/mol. The minimum absolute atomic E-state index is 0.286. The Bertz CT molecular complexity index is 900. The number of aryl methyl sites for hydroxylation is 1. The zero-order valence-corrected chi connectivity index (χ0v) is 16.4. The molecule has 0 aromatic heterocycles. The van der Waals surface area contributed by atoms with Gasteiger partial charge in [-0.05, 0) is 42.8 Å². The van der Waals surface area contributed by atoms with Crippen LogP contribution in [0, 0.1) is 6.92 Å². The first-order chi connectivity index (χ1) is 12.2. The van der Waals surface area contributed by atoms with Crippen molar-refractivity contribution >= 4 is 33.2 Å². The van der Waals surface area contributed by atoms with E-state index >= 15 is 0 Å². The molecule has 0 aliphatic heterocycles. The van der Waals surface area contributed by atoms with Crippen molar-refractivity contribution in [3.05, 3.63) is 58.6 Å². The van der Waals surface area contributed by atoms with Gasteiger partial charge in [-0.2, -0.15) is 0 Å². The highest BCUT2D eigenvalue weighted by Crippen LogP contribution is 2.21. The number of nitrogens with zero attached hydrogens (tertiary/aromatic N) is 1. The van der Waals surface area contributed by atoms with Crippen LogP contribution in [0.1, 0.15) is 15.9 Å². The highest BCUT2D eigenvalue weighted by molar-refractivity contribution is 7.92. The van der Waals surface area contributed by atoms with Crippen LogP contribution in [0.3, 0.4) is 0 Å². The predicted octanol–water partition coefficient (Wildman–Crippen LogP) is 2.85. The van der Waals surface area contributed by atoms with Gasteiger partial charge in [0.05, 0.1) is 18.5 Å². The lowest BCUT2D eigenvalue weighted by molar-refractivity contribution is 0.0947. The van der Waals surface area contributed by atoms with Crippen LogP contribution in [0.4, 0.5) is 5.69 Å². The lowest BCUT2D eigenvalue weighted by Gasteiger charge is -2.17. The molecule has 1 amide bonds. The zero-order chi connectivity index (χ0) is 19.3. The number of hydrogen-bond acceptors (Lipinski definition) is 4. The molecule has 0 aliphatic rings. The maximum atomic E-state index is 12.2. The van der Waals surface area contributed by atoms with E-state index in [9.17, 15) is 13.2 Å². The van der Waals surface area contributed by atoms with E-state index in [0.29, 0.717) is 28.6 Å². The SMILES string of the molecule is Cc1ccc(OCCNC(=O)c2cccc(N(C)S(C)(=O)=O)c2)cc1Cl. The first-order valence-electron chi connectivity index (χ1n) is 7.89. The summed E-state index contributed by atoms with van der Waals surface area (Å²) in [5.74, 6) is 0.325. The van der Waals surface area contributed by atoms with Crippen molar-refractivity contribution < 1.29 is 17.9 Å². The van der Waals surface area contributed by atoms with Crippen molar-refractivity contribution in [2.75, 3.05) is 30.8 Å². The van der Waals surface area contributed by atoms with Crippen LogP contribution in [-0.4, -0.2) is 40.8 Å². The zero-order valence-electron chi connectivity index (χ0n) is 14.8. The lowest BCUT2D eigenvalue weighted by Crippen LogP contribution is -2.29. The Labute approximate surface area is 158 Å². The second-order valence-electron chi connectivity index (χ2n) is 5.80. The van der Waals surface area contributed by atoms with E-state index in [1.165, 1.54) is 13.1 Å². The third kappa shape index (κ3) is 5.37. The van der Waals surface area contributed by atoms with Gasteiger partial charge in [0.25, 0.3) is 5.91 Å². The third-order valence-electron chi connectivity index (χ3n) is 3.77. The van der Waals surface area contributed by atoms with E-state index in [4.69, 9.17) is 16.3 Å². The Hall–Kier alpha value is -2.25. The van der Waals surface area contributed by atoms with E-state index < -0.39 is 10.0 Å². The molecule has 2 aromatic carbocycles. The molecule has 8 heteroatoms. The maximum Gasteiger partial charge on any atom is 0.251 e. The molecule has 2 aromatic rings. The topological polar surface area (TPSA) is 75.7 Å². The Kier molecular flexibility index (Phi) is 6.50. The Balaban J connectivity index is 1.91. The van der Waals surface area contributed by atoms with Gasteiger partial charge in [-0.1, -0.05) is 23.7 Å². The van der Waals surface area contributed by atoms with Crippen LogP contribution in [0.15, 0.2) is 42.5 Å². The molecule has 2 rings (SSSR count). The molecule has 0 atom stereocenters. The number of benzene rings is 2. The number of sulfonamides is 1. The van der Waals surface area contributed by atoms with Crippen LogP contribution >= 0.6 is 11.6 Å². The average Bonchev–Trinajstić information content (AvgIpc) is 2.60. The molecule has 0 heterocycles. The van der Waals surface area contributed by atoms with Gasteiger partial charge in [-0.3, -0.25) is 9.10 Å². The number of nitrogens with one attached hydrogen (secondary N) is 1. The summed E-state index contributed by atoms with van der Waals surface area (Å²) in [4.78, 5) is 12.2. The number of rotatable bonds is 7.